The Morgan fingerprint density at radius 1 is 1.21 bits per heavy atom. The van der Waals surface area contributed by atoms with Gasteiger partial charge in [0.1, 0.15) is 12.1 Å². The van der Waals surface area contributed by atoms with Crippen LogP contribution >= 0.6 is 0 Å². The van der Waals surface area contributed by atoms with Crippen molar-refractivity contribution in [1.29, 1.82) is 0 Å². The SMILES string of the molecule is C=C1c2ccccc2C(=O)N1CC(=O)NN1C(=O)NC2(CCC(C)CC2)C1=O. The van der Waals surface area contributed by atoms with Crippen molar-refractivity contribution in [2.24, 2.45) is 5.92 Å². The van der Waals surface area contributed by atoms with Crippen LogP contribution in [0, 0.1) is 5.92 Å². The summed E-state index contributed by atoms with van der Waals surface area (Å²) in [7, 11) is 0. The molecule has 2 fully saturated rings. The Morgan fingerprint density at radius 3 is 2.50 bits per heavy atom. The Balaban J connectivity index is 1.43. The molecule has 8 nitrogen and oxygen atoms in total. The van der Waals surface area contributed by atoms with Crippen molar-refractivity contribution in [2.45, 2.75) is 38.1 Å². The van der Waals surface area contributed by atoms with E-state index in [4.69, 9.17) is 0 Å². The molecular weight excluding hydrogens is 360 g/mol. The third-order valence-corrected chi connectivity index (χ3v) is 5.87. The molecule has 1 aromatic rings. The van der Waals surface area contributed by atoms with Crippen LogP contribution in [0.1, 0.15) is 48.5 Å². The van der Waals surface area contributed by atoms with E-state index in [1.54, 1.807) is 24.3 Å². The highest BCUT2D eigenvalue weighted by molar-refractivity contribution is 6.11. The summed E-state index contributed by atoms with van der Waals surface area (Å²) in [5.41, 5.74) is 2.99. The van der Waals surface area contributed by atoms with Gasteiger partial charge in [0, 0.05) is 16.8 Å². The second-order valence-corrected chi connectivity index (χ2v) is 7.75. The first kappa shape index (κ1) is 18.2. The average Bonchev–Trinajstić information content (AvgIpc) is 3.05. The first-order valence-electron chi connectivity index (χ1n) is 9.39. The predicted molar refractivity (Wildman–Crippen MR) is 100 cm³/mol. The minimum absolute atomic E-state index is 0.326. The molecule has 1 saturated carbocycles. The van der Waals surface area contributed by atoms with Gasteiger partial charge in [-0.2, -0.15) is 5.01 Å². The molecule has 0 atom stereocenters. The number of imide groups is 1. The van der Waals surface area contributed by atoms with Gasteiger partial charge in [-0.25, -0.2) is 4.79 Å². The molecular formula is C20H22N4O4. The number of urea groups is 1. The Hall–Kier alpha value is -3.16. The van der Waals surface area contributed by atoms with Crippen LogP contribution < -0.4 is 10.7 Å². The van der Waals surface area contributed by atoms with Crippen molar-refractivity contribution >= 4 is 29.4 Å². The first-order chi connectivity index (χ1) is 13.3. The Bertz CT molecular complexity index is 866. The largest absolute Gasteiger partial charge is 0.344 e. The number of nitrogens with one attached hydrogen (secondary N) is 2. The molecule has 1 saturated heterocycles. The molecule has 1 aliphatic carbocycles. The van der Waals surface area contributed by atoms with Gasteiger partial charge in [0.15, 0.2) is 0 Å². The van der Waals surface area contributed by atoms with E-state index in [1.165, 1.54) is 4.90 Å². The standard InChI is InChI=1S/C20H22N4O4/c1-12-7-9-20(10-8-12)18(27)24(19(28)21-20)22-16(25)11-23-13(2)14-5-3-4-6-15(14)17(23)26/h3-6,12H,2,7-11H2,1H3,(H,21,28)(H,22,25). The molecule has 0 aromatic heterocycles. The number of fused-ring (bicyclic) bond motifs is 1. The fourth-order valence-corrected chi connectivity index (χ4v) is 4.12. The summed E-state index contributed by atoms with van der Waals surface area (Å²) in [5.74, 6) is -0.891. The summed E-state index contributed by atoms with van der Waals surface area (Å²) in [5, 5.41) is 3.49. The van der Waals surface area contributed by atoms with E-state index in [0.717, 1.165) is 17.9 Å². The second kappa shape index (κ2) is 6.47. The van der Waals surface area contributed by atoms with Crippen molar-refractivity contribution in [1.82, 2.24) is 20.7 Å². The van der Waals surface area contributed by atoms with Crippen LogP contribution in [0.4, 0.5) is 4.79 Å². The minimum Gasteiger partial charge on any atom is -0.322 e. The smallest absolute Gasteiger partial charge is 0.322 e. The van der Waals surface area contributed by atoms with Gasteiger partial charge in [-0.15, -0.1) is 0 Å². The number of amides is 5. The molecule has 0 bridgehead atoms. The zero-order valence-corrected chi connectivity index (χ0v) is 15.7. The lowest BCUT2D eigenvalue weighted by Gasteiger charge is -2.33. The fraction of sp³-hybridized carbons (Fsp3) is 0.400. The Morgan fingerprint density at radius 2 is 1.86 bits per heavy atom. The molecule has 8 heteroatoms. The van der Waals surface area contributed by atoms with Gasteiger partial charge < -0.3 is 5.32 Å². The molecule has 5 amide bonds. The number of carbonyl (C=O) groups is 4. The van der Waals surface area contributed by atoms with Gasteiger partial charge in [-0.3, -0.25) is 24.7 Å². The van der Waals surface area contributed by atoms with E-state index in [9.17, 15) is 19.2 Å². The Labute approximate surface area is 162 Å². The summed E-state index contributed by atoms with van der Waals surface area (Å²) in [6, 6.07) is 6.33. The number of nitrogens with zero attached hydrogens (tertiary/aromatic N) is 2. The van der Waals surface area contributed by atoms with Crippen molar-refractivity contribution < 1.29 is 19.2 Å². The van der Waals surface area contributed by atoms with E-state index >= 15 is 0 Å². The topological polar surface area (TPSA) is 98.8 Å². The molecule has 4 rings (SSSR count). The van der Waals surface area contributed by atoms with E-state index < -0.39 is 23.4 Å². The molecule has 3 aliphatic rings. The lowest BCUT2D eigenvalue weighted by Crippen LogP contribution is -2.52. The summed E-state index contributed by atoms with van der Waals surface area (Å²) < 4.78 is 0. The summed E-state index contributed by atoms with van der Waals surface area (Å²) in [6.07, 6.45) is 2.80. The molecule has 146 valence electrons. The number of benzene rings is 1. The summed E-state index contributed by atoms with van der Waals surface area (Å²) >= 11 is 0. The van der Waals surface area contributed by atoms with E-state index in [1.807, 2.05) is 0 Å². The molecule has 2 heterocycles. The maximum absolute atomic E-state index is 12.8. The van der Waals surface area contributed by atoms with Crippen molar-refractivity contribution in [2.75, 3.05) is 6.54 Å². The number of carbonyl (C=O) groups excluding carboxylic acids is 4. The van der Waals surface area contributed by atoms with E-state index in [2.05, 4.69) is 24.2 Å². The number of hydrogen-bond acceptors (Lipinski definition) is 4. The third-order valence-electron chi connectivity index (χ3n) is 5.87. The van der Waals surface area contributed by atoms with Crippen LogP contribution in [0.5, 0.6) is 0 Å². The Kier molecular flexibility index (Phi) is 4.21. The summed E-state index contributed by atoms with van der Waals surface area (Å²) in [4.78, 5) is 51.4. The number of hydrazine groups is 1. The third kappa shape index (κ3) is 2.76. The van der Waals surface area contributed by atoms with Crippen LogP contribution in [0.2, 0.25) is 0 Å². The molecule has 0 radical (unpaired) electrons. The zero-order valence-electron chi connectivity index (χ0n) is 15.7. The van der Waals surface area contributed by atoms with Gasteiger partial charge in [0.25, 0.3) is 17.7 Å². The molecule has 0 unspecified atom stereocenters. The average molecular weight is 382 g/mol. The highest BCUT2D eigenvalue weighted by Crippen LogP contribution is 2.36. The molecule has 1 aromatic carbocycles. The lowest BCUT2D eigenvalue weighted by molar-refractivity contribution is -0.140. The van der Waals surface area contributed by atoms with Crippen LogP contribution in [-0.2, 0) is 9.59 Å². The van der Waals surface area contributed by atoms with E-state index in [0.29, 0.717) is 35.6 Å². The van der Waals surface area contributed by atoms with Gasteiger partial charge >= 0.3 is 6.03 Å². The molecule has 2 aliphatic heterocycles. The van der Waals surface area contributed by atoms with Gasteiger partial charge in [-0.05, 0) is 37.7 Å². The van der Waals surface area contributed by atoms with Gasteiger partial charge in [-0.1, -0.05) is 31.7 Å². The molecule has 1 spiro atoms. The summed E-state index contributed by atoms with van der Waals surface area (Å²) in [6.45, 7) is 5.67. The monoisotopic (exact) mass is 382 g/mol. The van der Waals surface area contributed by atoms with Gasteiger partial charge in [0.2, 0.25) is 0 Å². The van der Waals surface area contributed by atoms with Crippen LogP contribution in [-0.4, -0.2) is 45.7 Å². The van der Waals surface area contributed by atoms with Crippen LogP contribution in [0.25, 0.3) is 5.70 Å². The van der Waals surface area contributed by atoms with Crippen LogP contribution in [0.3, 0.4) is 0 Å². The van der Waals surface area contributed by atoms with Crippen molar-refractivity contribution in [3.63, 3.8) is 0 Å². The predicted octanol–water partition coefficient (Wildman–Crippen LogP) is 1.64. The normalized spacial score (nSPS) is 26.7. The highest BCUT2D eigenvalue weighted by Gasteiger charge is 2.53. The highest BCUT2D eigenvalue weighted by atomic mass is 16.2. The number of rotatable bonds is 3. The van der Waals surface area contributed by atoms with Crippen molar-refractivity contribution in [3.8, 4) is 0 Å². The first-order valence-corrected chi connectivity index (χ1v) is 9.39. The van der Waals surface area contributed by atoms with Crippen molar-refractivity contribution in [3.05, 3.63) is 42.0 Å². The van der Waals surface area contributed by atoms with Gasteiger partial charge in [0.05, 0.1) is 0 Å². The van der Waals surface area contributed by atoms with E-state index in [-0.39, 0.29) is 12.5 Å². The quantitative estimate of drug-likeness (QED) is 0.777. The lowest BCUT2D eigenvalue weighted by atomic mass is 9.77. The van der Waals surface area contributed by atoms with Crippen LogP contribution in [0.15, 0.2) is 30.8 Å². The fourth-order valence-electron chi connectivity index (χ4n) is 4.12. The maximum atomic E-state index is 12.8. The zero-order chi connectivity index (χ0) is 20.1. The second-order valence-electron chi connectivity index (χ2n) is 7.75. The molecule has 2 N–H and O–H groups in total. The number of hydrogen-bond donors (Lipinski definition) is 2. The minimum atomic E-state index is -0.930. The maximum Gasteiger partial charge on any atom is 0.344 e. The molecule has 28 heavy (non-hydrogen) atoms.